The van der Waals surface area contributed by atoms with Gasteiger partial charge < -0.3 is 28.6 Å². The molecule has 1 aromatic carbocycles. The van der Waals surface area contributed by atoms with Gasteiger partial charge in [-0.3, -0.25) is 0 Å². The van der Waals surface area contributed by atoms with Crippen molar-refractivity contribution < 1.29 is 23.6 Å². The first kappa shape index (κ1) is 23.7. The highest BCUT2D eigenvalue weighted by Crippen LogP contribution is 2.38. The zero-order valence-corrected chi connectivity index (χ0v) is 19.8. The molecule has 1 N–H and O–H groups in total. The molecule has 11 heteroatoms. The fraction of sp³-hybridized carbons (Fsp3) is 0.458. The number of fused-ring (bicyclic) bond motifs is 2. The highest BCUT2D eigenvalue weighted by molar-refractivity contribution is 6.45. The van der Waals surface area contributed by atoms with Gasteiger partial charge in [-0.2, -0.15) is 0 Å². The molecule has 2 aliphatic rings. The Balaban J connectivity index is 1.34. The van der Waals surface area contributed by atoms with Crippen LogP contribution in [0.4, 0.5) is 4.39 Å². The average Bonchev–Trinajstić information content (AvgIpc) is 3.41. The summed E-state index contributed by atoms with van der Waals surface area (Å²) in [5.41, 5.74) is 2.22. The van der Waals surface area contributed by atoms with Crippen LogP contribution < -0.4 is 9.47 Å². The summed E-state index contributed by atoms with van der Waals surface area (Å²) in [4.78, 5) is 14.9. The van der Waals surface area contributed by atoms with Crippen molar-refractivity contribution in [3.63, 3.8) is 0 Å². The number of alkyl halides is 1. The van der Waals surface area contributed by atoms with E-state index < -0.39 is 19.3 Å². The summed E-state index contributed by atoms with van der Waals surface area (Å²) in [5.74, 6) is 0.863. The van der Waals surface area contributed by atoms with Gasteiger partial charge >= 0.3 is 7.05 Å². The first-order valence-electron chi connectivity index (χ1n) is 11.9. The number of halogens is 1. The van der Waals surface area contributed by atoms with Crippen LogP contribution in [0.1, 0.15) is 25.7 Å². The minimum absolute atomic E-state index is 0.0837. The van der Waals surface area contributed by atoms with E-state index in [1.165, 1.54) is 6.20 Å². The lowest BCUT2D eigenvalue weighted by Gasteiger charge is -2.50. The lowest BCUT2D eigenvalue weighted by Crippen LogP contribution is -2.64. The Bertz CT molecular complexity index is 1120. The number of ether oxygens (including phenoxy) is 3. The highest BCUT2D eigenvalue weighted by atomic mass is 19.1. The number of aromatic nitrogens is 4. The molecule has 0 radical (unpaired) electrons. The standard InChI is InChI=1S/C24H29BFN5O4/c1-25(32)31-17-4-3-5-20(31)24(26)22(11-17)35-23-13-28-19(12-29-23)18-7-6-16(30-9-8-27-14-30)10-21(18)34-15-33-2/h6-10,12-14,17,20,22,24,32H,3-5,11,15H2,1-2H3/t17?,20?,22-,24+/m0/s1. The van der Waals surface area contributed by atoms with E-state index in [1.54, 1.807) is 32.7 Å². The molecule has 0 aliphatic carbocycles. The van der Waals surface area contributed by atoms with Crippen molar-refractivity contribution in [1.82, 2.24) is 24.3 Å². The summed E-state index contributed by atoms with van der Waals surface area (Å²) in [7, 11) is 0.891. The molecule has 2 fully saturated rings. The van der Waals surface area contributed by atoms with Crippen molar-refractivity contribution in [1.29, 1.82) is 0 Å². The van der Waals surface area contributed by atoms with Crippen molar-refractivity contribution >= 4 is 7.05 Å². The minimum Gasteiger partial charge on any atom is -0.470 e. The van der Waals surface area contributed by atoms with Crippen molar-refractivity contribution in [2.75, 3.05) is 13.9 Å². The summed E-state index contributed by atoms with van der Waals surface area (Å²) < 4.78 is 34.0. The molecule has 9 nitrogen and oxygen atoms in total. The number of piperidine rings is 2. The van der Waals surface area contributed by atoms with E-state index in [2.05, 4.69) is 15.0 Å². The predicted molar refractivity (Wildman–Crippen MR) is 128 cm³/mol. The van der Waals surface area contributed by atoms with E-state index in [9.17, 15) is 5.02 Å². The van der Waals surface area contributed by atoms with Gasteiger partial charge in [-0.25, -0.2) is 19.3 Å². The van der Waals surface area contributed by atoms with Crippen LogP contribution in [0.2, 0.25) is 6.82 Å². The van der Waals surface area contributed by atoms with E-state index in [-0.39, 0.29) is 24.8 Å². The predicted octanol–water partition coefficient (Wildman–Crippen LogP) is 3.13. The Morgan fingerprint density at radius 1 is 1.23 bits per heavy atom. The molecule has 4 atom stereocenters. The highest BCUT2D eigenvalue weighted by Gasteiger charge is 2.48. The summed E-state index contributed by atoms with van der Waals surface area (Å²) >= 11 is 0. The molecule has 184 valence electrons. The van der Waals surface area contributed by atoms with Gasteiger partial charge in [-0.1, -0.05) is 6.42 Å². The maximum atomic E-state index is 15.3. The Labute approximate surface area is 204 Å². The van der Waals surface area contributed by atoms with Crippen LogP contribution in [0.25, 0.3) is 16.9 Å². The molecule has 2 bridgehead atoms. The topological polar surface area (TPSA) is 94.8 Å². The van der Waals surface area contributed by atoms with Gasteiger partial charge in [0, 0.05) is 49.6 Å². The monoisotopic (exact) mass is 481 g/mol. The lowest BCUT2D eigenvalue weighted by atomic mass is 9.71. The average molecular weight is 481 g/mol. The normalized spacial score (nSPS) is 24.2. The SMILES string of the molecule is COCOc1cc(-n2ccnc2)ccc1-c1cnc(O[C@H]2CC3CCCC([C@H]2F)N3B(C)O)cn1. The Kier molecular flexibility index (Phi) is 6.98. The second-order valence-electron chi connectivity index (χ2n) is 9.01. The Morgan fingerprint density at radius 3 is 2.83 bits per heavy atom. The number of rotatable bonds is 8. The molecule has 35 heavy (non-hydrogen) atoms. The Morgan fingerprint density at radius 2 is 2.11 bits per heavy atom. The molecule has 2 saturated heterocycles. The molecule has 2 aromatic heterocycles. The fourth-order valence-electron chi connectivity index (χ4n) is 5.24. The van der Waals surface area contributed by atoms with Crippen LogP contribution in [0.15, 0.2) is 49.3 Å². The first-order chi connectivity index (χ1) is 17.0. The van der Waals surface area contributed by atoms with Gasteiger partial charge in [-0.05, 0) is 31.8 Å². The molecular formula is C24H29BFN5O4. The lowest BCUT2D eigenvalue weighted by molar-refractivity contribution is -0.0452. The minimum atomic E-state index is -1.20. The van der Waals surface area contributed by atoms with E-state index in [0.717, 1.165) is 24.1 Å². The summed E-state index contributed by atoms with van der Waals surface area (Å²) in [6.45, 7) is 1.79. The van der Waals surface area contributed by atoms with Crippen molar-refractivity contribution in [2.45, 2.75) is 56.9 Å². The van der Waals surface area contributed by atoms with Crippen LogP contribution in [-0.2, 0) is 4.74 Å². The molecular weight excluding hydrogens is 452 g/mol. The number of hydrogen-bond acceptors (Lipinski definition) is 8. The summed E-state index contributed by atoms with van der Waals surface area (Å²) in [6.07, 6.45) is 9.68. The smallest absolute Gasteiger partial charge is 0.376 e. The van der Waals surface area contributed by atoms with Crippen molar-refractivity contribution in [3.05, 3.63) is 49.3 Å². The number of benzene rings is 1. The van der Waals surface area contributed by atoms with Crippen LogP contribution in [-0.4, -0.2) is 74.7 Å². The molecule has 4 heterocycles. The van der Waals surface area contributed by atoms with Crippen molar-refractivity contribution in [2.24, 2.45) is 0 Å². The van der Waals surface area contributed by atoms with Gasteiger partial charge in [0.25, 0.3) is 0 Å². The van der Waals surface area contributed by atoms with E-state index in [4.69, 9.17) is 14.2 Å². The molecule has 2 unspecified atom stereocenters. The van der Waals surface area contributed by atoms with Gasteiger partial charge in [0.1, 0.15) is 11.9 Å². The van der Waals surface area contributed by atoms with Crippen LogP contribution >= 0.6 is 0 Å². The second kappa shape index (κ2) is 10.3. The number of hydrogen-bond donors (Lipinski definition) is 1. The maximum Gasteiger partial charge on any atom is 0.376 e. The third kappa shape index (κ3) is 4.89. The summed E-state index contributed by atoms with van der Waals surface area (Å²) in [5, 5.41) is 10.1. The molecule has 0 spiro atoms. The molecule has 2 aliphatic heterocycles. The van der Waals surface area contributed by atoms with Gasteiger partial charge in [0.05, 0.1) is 30.1 Å². The van der Waals surface area contributed by atoms with E-state index in [0.29, 0.717) is 24.3 Å². The molecule has 0 saturated carbocycles. The Hall–Kier alpha value is -3.02. The van der Waals surface area contributed by atoms with Crippen molar-refractivity contribution in [3.8, 4) is 28.6 Å². The summed E-state index contributed by atoms with van der Waals surface area (Å²) in [6, 6.07) is 5.48. The third-order valence-corrected chi connectivity index (χ3v) is 6.78. The number of nitrogens with zero attached hydrogens (tertiary/aromatic N) is 5. The van der Waals surface area contributed by atoms with Crippen LogP contribution in [0, 0.1) is 0 Å². The van der Waals surface area contributed by atoms with E-state index in [1.807, 2.05) is 33.8 Å². The van der Waals surface area contributed by atoms with E-state index >= 15 is 4.39 Å². The largest absolute Gasteiger partial charge is 0.470 e. The maximum absolute atomic E-state index is 15.3. The van der Waals surface area contributed by atoms with Gasteiger partial charge in [0.2, 0.25) is 5.88 Å². The quantitative estimate of drug-likeness (QED) is 0.388. The fourth-order valence-corrected chi connectivity index (χ4v) is 5.24. The number of imidazole rings is 1. The molecule has 0 amide bonds. The first-order valence-corrected chi connectivity index (χ1v) is 11.9. The van der Waals surface area contributed by atoms with Gasteiger partial charge in [-0.15, -0.1) is 0 Å². The van der Waals surface area contributed by atoms with Crippen LogP contribution in [0.3, 0.4) is 0 Å². The van der Waals surface area contributed by atoms with Gasteiger partial charge in [0.15, 0.2) is 13.0 Å². The third-order valence-electron chi connectivity index (χ3n) is 6.78. The second-order valence-corrected chi connectivity index (χ2v) is 9.01. The number of methoxy groups -OCH3 is 1. The molecule has 3 aromatic rings. The molecule has 5 rings (SSSR count). The van der Waals surface area contributed by atoms with Crippen LogP contribution in [0.5, 0.6) is 11.6 Å². The zero-order chi connectivity index (χ0) is 24.4. The zero-order valence-electron chi connectivity index (χ0n) is 19.8.